The van der Waals surface area contributed by atoms with Crippen LogP contribution in [0.15, 0.2) is 18.2 Å². The summed E-state index contributed by atoms with van der Waals surface area (Å²) in [5.41, 5.74) is 0.459. The standard InChI is InChI=1S/C15H20ClNO3/c1-10(2)20-14-6-5-11(16)8-13(14)15(19)17-7-3-4-12(18)9-17/h5-6,8,10,12,18H,3-4,7,9H2,1-2H3. The van der Waals surface area contributed by atoms with Crippen LogP contribution in [0.4, 0.5) is 0 Å². The summed E-state index contributed by atoms with van der Waals surface area (Å²) in [4.78, 5) is 14.2. The molecule has 0 bridgehead atoms. The Labute approximate surface area is 124 Å². The van der Waals surface area contributed by atoms with E-state index in [2.05, 4.69) is 0 Å². The fourth-order valence-corrected chi connectivity index (χ4v) is 2.51. The summed E-state index contributed by atoms with van der Waals surface area (Å²) in [5, 5.41) is 10.2. The van der Waals surface area contributed by atoms with Gasteiger partial charge in [0, 0.05) is 18.1 Å². The molecule has 4 nitrogen and oxygen atoms in total. The van der Waals surface area contributed by atoms with Gasteiger partial charge in [-0.15, -0.1) is 0 Å². The average molecular weight is 298 g/mol. The zero-order chi connectivity index (χ0) is 14.7. The molecule has 110 valence electrons. The molecule has 1 aromatic rings. The number of ether oxygens (including phenoxy) is 1. The summed E-state index contributed by atoms with van der Waals surface area (Å²) in [6.45, 7) is 4.84. The topological polar surface area (TPSA) is 49.8 Å². The van der Waals surface area contributed by atoms with E-state index in [1.54, 1.807) is 23.1 Å². The van der Waals surface area contributed by atoms with Gasteiger partial charge >= 0.3 is 0 Å². The Hall–Kier alpha value is -1.26. The molecule has 1 amide bonds. The Bertz CT molecular complexity index is 490. The van der Waals surface area contributed by atoms with Crippen LogP contribution in [-0.4, -0.2) is 41.2 Å². The maximum absolute atomic E-state index is 12.6. The van der Waals surface area contributed by atoms with Crippen molar-refractivity contribution in [3.63, 3.8) is 0 Å². The minimum absolute atomic E-state index is 0.0188. The highest BCUT2D eigenvalue weighted by Gasteiger charge is 2.25. The lowest BCUT2D eigenvalue weighted by molar-refractivity contribution is 0.0469. The van der Waals surface area contributed by atoms with Gasteiger partial charge in [-0.3, -0.25) is 4.79 Å². The maximum atomic E-state index is 12.6. The molecule has 1 aliphatic heterocycles. The minimum Gasteiger partial charge on any atom is -0.490 e. The molecule has 1 aromatic carbocycles. The van der Waals surface area contributed by atoms with Crippen molar-refractivity contribution in [2.75, 3.05) is 13.1 Å². The highest BCUT2D eigenvalue weighted by Crippen LogP contribution is 2.26. The Morgan fingerprint density at radius 2 is 2.25 bits per heavy atom. The number of benzene rings is 1. The van der Waals surface area contributed by atoms with E-state index in [9.17, 15) is 9.90 Å². The van der Waals surface area contributed by atoms with E-state index in [0.29, 0.717) is 29.4 Å². The van der Waals surface area contributed by atoms with Crippen molar-refractivity contribution < 1.29 is 14.6 Å². The van der Waals surface area contributed by atoms with E-state index < -0.39 is 6.10 Å². The molecule has 0 aliphatic carbocycles. The third-order valence-electron chi connectivity index (χ3n) is 3.22. The molecule has 0 aromatic heterocycles. The minimum atomic E-state index is -0.443. The Kier molecular flexibility index (Phi) is 4.89. The molecule has 20 heavy (non-hydrogen) atoms. The lowest BCUT2D eigenvalue weighted by atomic mass is 10.1. The predicted octanol–water partition coefficient (Wildman–Crippen LogP) is 2.72. The number of hydrogen-bond acceptors (Lipinski definition) is 3. The Morgan fingerprint density at radius 1 is 1.50 bits per heavy atom. The third-order valence-corrected chi connectivity index (χ3v) is 3.45. The summed E-state index contributed by atoms with van der Waals surface area (Å²) in [7, 11) is 0. The molecule has 1 heterocycles. The first-order valence-corrected chi connectivity index (χ1v) is 7.28. The number of hydrogen-bond donors (Lipinski definition) is 1. The quantitative estimate of drug-likeness (QED) is 0.933. The smallest absolute Gasteiger partial charge is 0.257 e. The Balaban J connectivity index is 2.25. The van der Waals surface area contributed by atoms with Gasteiger partial charge in [-0.1, -0.05) is 11.6 Å². The first-order chi connectivity index (χ1) is 9.47. The number of carbonyl (C=O) groups is 1. The van der Waals surface area contributed by atoms with E-state index in [4.69, 9.17) is 16.3 Å². The first kappa shape index (κ1) is 15.1. The van der Waals surface area contributed by atoms with Crippen molar-refractivity contribution in [1.29, 1.82) is 0 Å². The molecular weight excluding hydrogens is 278 g/mol. The first-order valence-electron chi connectivity index (χ1n) is 6.91. The molecule has 1 aliphatic rings. The van der Waals surface area contributed by atoms with E-state index in [-0.39, 0.29) is 12.0 Å². The summed E-state index contributed by atoms with van der Waals surface area (Å²) in [6.07, 6.45) is 1.10. The summed E-state index contributed by atoms with van der Waals surface area (Å²) in [6, 6.07) is 5.06. The number of carbonyl (C=O) groups excluding carboxylic acids is 1. The van der Waals surface area contributed by atoms with Crippen molar-refractivity contribution in [1.82, 2.24) is 4.90 Å². The molecule has 1 saturated heterocycles. The van der Waals surface area contributed by atoms with E-state index in [1.165, 1.54) is 0 Å². The molecule has 1 fully saturated rings. The highest BCUT2D eigenvalue weighted by atomic mass is 35.5. The molecule has 0 saturated carbocycles. The second kappa shape index (κ2) is 6.46. The van der Waals surface area contributed by atoms with Crippen molar-refractivity contribution in [2.24, 2.45) is 0 Å². The summed E-state index contributed by atoms with van der Waals surface area (Å²) >= 11 is 5.99. The lowest BCUT2D eigenvalue weighted by Gasteiger charge is -2.30. The normalized spacial score (nSPS) is 19.2. The van der Waals surface area contributed by atoms with Crippen LogP contribution in [0.5, 0.6) is 5.75 Å². The van der Waals surface area contributed by atoms with Gasteiger partial charge in [0.1, 0.15) is 5.75 Å². The maximum Gasteiger partial charge on any atom is 0.257 e. The number of amides is 1. The van der Waals surface area contributed by atoms with Crippen LogP contribution in [0.3, 0.4) is 0 Å². The van der Waals surface area contributed by atoms with Gasteiger partial charge in [0.2, 0.25) is 0 Å². The van der Waals surface area contributed by atoms with E-state index in [0.717, 1.165) is 12.8 Å². The van der Waals surface area contributed by atoms with Gasteiger partial charge in [0.05, 0.1) is 17.8 Å². The van der Waals surface area contributed by atoms with Crippen LogP contribution in [-0.2, 0) is 0 Å². The van der Waals surface area contributed by atoms with Gasteiger partial charge in [-0.2, -0.15) is 0 Å². The Morgan fingerprint density at radius 3 is 2.90 bits per heavy atom. The van der Waals surface area contributed by atoms with Gasteiger partial charge in [-0.05, 0) is 44.9 Å². The number of aliphatic hydroxyl groups excluding tert-OH is 1. The molecular formula is C15H20ClNO3. The number of aliphatic hydroxyl groups is 1. The molecule has 0 radical (unpaired) electrons. The van der Waals surface area contributed by atoms with Crippen LogP contribution in [0.25, 0.3) is 0 Å². The van der Waals surface area contributed by atoms with E-state index >= 15 is 0 Å². The molecule has 1 atom stereocenters. The van der Waals surface area contributed by atoms with Crippen molar-refractivity contribution >= 4 is 17.5 Å². The van der Waals surface area contributed by atoms with Crippen LogP contribution in [0, 0.1) is 0 Å². The van der Waals surface area contributed by atoms with Gasteiger partial charge < -0.3 is 14.7 Å². The number of piperidine rings is 1. The zero-order valence-electron chi connectivity index (χ0n) is 11.8. The van der Waals surface area contributed by atoms with Crippen molar-refractivity contribution in [3.05, 3.63) is 28.8 Å². The third kappa shape index (κ3) is 3.64. The SMILES string of the molecule is CC(C)Oc1ccc(Cl)cc1C(=O)N1CCCC(O)C1. The van der Waals surface area contributed by atoms with Crippen LogP contribution >= 0.6 is 11.6 Å². The number of rotatable bonds is 3. The monoisotopic (exact) mass is 297 g/mol. The van der Waals surface area contributed by atoms with Crippen molar-refractivity contribution in [3.8, 4) is 5.75 Å². The van der Waals surface area contributed by atoms with E-state index in [1.807, 2.05) is 13.8 Å². The second-order valence-electron chi connectivity index (χ2n) is 5.35. The van der Waals surface area contributed by atoms with Crippen LogP contribution in [0.1, 0.15) is 37.0 Å². The number of halogens is 1. The second-order valence-corrected chi connectivity index (χ2v) is 5.79. The molecule has 0 spiro atoms. The average Bonchev–Trinajstić information content (AvgIpc) is 2.39. The fraction of sp³-hybridized carbons (Fsp3) is 0.533. The summed E-state index contributed by atoms with van der Waals surface area (Å²) < 4.78 is 5.67. The number of likely N-dealkylation sites (tertiary alicyclic amines) is 1. The molecule has 5 heteroatoms. The highest BCUT2D eigenvalue weighted by molar-refractivity contribution is 6.31. The van der Waals surface area contributed by atoms with Gasteiger partial charge in [0.25, 0.3) is 5.91 Å². The number of β-amino-alcohol motifs (C(OH)–C–C–N with tert-alkyl or cyclic N) is 1. The van der Waals surface area contributed by atoms with Gasteiger partial charge in [0.15, 0.2) is 0 Å². The fourth-order valence-electron chi connectivity index (χ4n) is 2.34. The number of nitrogens with zero attached hydrogens (tertiary/aromatic N) is 1. The predicted molar refractivity (Wildman–Crippen MR) is 78.4 cm³/mol. The molecule has 1 unspecified atom stereocenters. The lowest BCUT2D eigenvalue weighted by Crippen LogP contribution is -2.42. The van der Waals surface area contributed by atoms with Crippen LogP contribution in [0.2, 0.25) is 5.02 Å². The van der Waals surface area contributed by atoms with Crippen LogP contribution < -0.4 is 4.74 Å². The largest absolute Gasteiger partial charge is 0.490 e. The van der Waals surface area contributed by atoms with Gasteiger partial charge in [-0.25, -0.2) is 0 Å². The molecule has 1 N–H and O–H groups in total. The zero-order valence-corrected chi connectivity index (χ0v) is 12.6. The molecule has 2 rings (SSSR count). The summed E-state index contributed by atoms with van der Waals surface area (Å²) in [5.74, 6) is 0.399. The van der Waals surface area contributed by atoms with Crippen molar-refractivity contribution in [2.45, 2.75) is 38.9 Å².